The van der Waals surface area contributed by atoms with E-state index in [2.05, 4.69) is 0 Å². The van der Waals surface area contributed by atoms with Crippen molar-refractivity contribution in [2.24, 2.45) is 0 Å². The van der Waals surface area contributed by atoms with Crippen molar-refractivity contribution in [2.75, 3.05) is 6.61 Å². The van der Waals surface area contributed by atoms with Gasteiger partial charge in [0.1, 0.15) is 5.57 Å². The van der Waals surface area contributed by atoms with Gasteiger partial charge in [-0.3, -0.25) is 4.79 Å². The number of aryl methyl sites for hydroxylation is 1. The Labute approximate surface area is 101 Å². The summed E-state index contributed by atoms with van der Waals surface area (Å²) in [4.78, 5) is 22.9. The van der Waals surface area contributed by atoms with E-state index >= 15 is 0 Å². The van der Waals surface area contributed by atoms with E-state index in [-0.39, 0.29) is 18.0 Å². The van der Waals surface area contributed by atoms with E-state index in [1.165, 1.54) is 6.92 Å². The van der Waals surface area contributed by atoms with Gasteiger partial charge in [-0.2, -0.15) is 0 Å². The highest BCUT2D eigenvalue weighted by molar-refractivity contribution is 6.19. The molecule has 0 saturated carbocycles. The Balaban J connectivity index is 3.02. The fourth-order valence-corrected chi connectivity index (χ4v) is 1.34. The number of rotatable bonds is 4. The van der Waals surface area contributed by atoms with Crippen molar-refractivity contribution < 1.29 is 14.3 Å². The van der Waals surface area contributed by atoms with Crippen molar-refractivity contribution in [2.45, 2.75) is 20.8 Å². The topological polar surface area (TPSA) is 43.4 Å². The first kappa shape index (κ1) is 13.2. The van der Waals surface area contributed by atoms with E-state index < -0.39 is 5.97 Å². The van der Waals surface area contributed by atoms with E-state index in [0.29, 0.717) is 0 Å². The van der Waals surface area contributed by atoms with E-state index in [1.807, 2.05) is 31.2 Å². The molecule has 0 amide bonds. The minimum absolute atomic E-state index is 0.0794. The van der Waals surface area contributed by atoms with Crippen molar-refractivity contribution in [1.29, 1.82) is 0 Å². The van der Waals surface area contributed by atoms with Gasteiger partial charge in [0, 0.05) is 0 Å². The number of ether oxygens (including phenoxy) is 1. The Morgan fingerprint density at radius 1 is 1.24 bits per heavy atom. The number of carbonyl (C=O) groups excluding carboxylic acids is 2. The quantitative estimate of drug-likeness (QED) is 0.347. The van der Waals surface area contributed by atoms with Crippen LogP contribution in [0.2, 0.25) is 0 Å². The normalized spacial score (nSPS) is 11.1. The van der Waals surface area contributed by atoms with Crippen molar-refractivity contribution in [3.05, 3.63) is 41.0 Å². The first-order chi connectivity index (χ1) is 8.04. The van der Waals surface area contributed by atoms with Crippen LogP contribution in [0.15, 0.2) is 29.8 Å². The lowest BCUT2D eigenvalue weighted by atomic mass is 10.1. The minimum atomic E-state index is -0.569. The van der Waals surface area contributed by atoms with E-state index in [4.69, 9.17) is 4.74 Å². The molecule has 0 aromatic heterocycles. The van der Waals surface area contributed by atoms with Gasteiger partial charge in [0.15, 0.2) is 5.78 Å². The van der Waals surface area contributed by atoms with E-state index in [1.54, 1.807) is 13.0 Å². The number of Topliss-reactive ketones (excluding diaryl/α,β-unsaturated/α-hetero) is 1. The number of benzene rings is 1. The number of hydrogen-bond donors (Lipinski definition) is 0. The Kier molecular flexibility index (Phi) is 4.64. The van der Waals surface area contributed by atoms with Gasteiger partial charge in [0.25, 0.3) is 0 Å². The Morgan fingerprint density at radius 3 is 2.29 bits per heavy atom. The van der Waals surface area contributed by atoms with Crippen molar-refractivity contribution in [3.8, 4) is 0 Å². The fraction of sp³-hybridized carbons (Fsp3) is 0.286. The molecule has 0 aliphatic carbocycles. The lowest BCUT2D eigenvalue weighted by Crippen LogP contribution is -2.13. The maximum atomic E-state index is 11.5. The van der Waals surface area contributed by atoms with Crippen molar-refractivity contribution in [1.82, 2.24) is 0 Å². The lowest BCUT2D eigenvalue weighted by Gasteiger charge is -2.03. The van der Waals surface area contributed by atoms with Crippen molar-refractivity contribution in [3.63, 3.8) is 0 Å². The number of esters is 1. The molecule has 1 aromatic rings. The molecule has 1 rings (SSSR count). The average Bonchev–Trinajstić information content (AvgIpc) is 2.28. The van der Waals surface area contributed by atoms with Crippen LogP contribution in [0.25, 0.3) is 6.08 Å². The first-order valence-electron chi connectivity index (χ1n) is 5.51. The largest absolute Gasteiger partial charge is 0.462 e. The summed E-state index contributed by atoms with van der Waals surface area (Å²) >= 11 is 0. The zero-order chi connectivity index (χ0) is 12.8. The number of hydrogen-bond acceptors (Lipinski definition) is 3. The smallest absolute Gasteiger partial charge is 0.341 e. The maximum Gasteiger partial charge on any atom is 0.341 e. The van der Waals surface area contributed by atoms with E-state index in [9.17, 15) is 9.59 Å². The van der Waals surface area contributed by atoms with Crippen LogP contribution in [0.4, 0.5) is 0 Å². The molecule has 1 aromatic carbocycles. The standard InChI is InChI=1S/C14H16O3/c1-4-17-14(16)13(11(3)15)9-12-7-5-10(2)6-8-12/h5-9H,4H2,1-3H3. The van der Waals surface area contributed by atoms with Crippen LogP contribution < -0.4 is 0 Å². The molecule has 0 aliphatic heterocycles. The molecule has 0 saturated heterocycles. The second-order valence-electron chi connectivity index (χ2n) is 3.75. The fourth-order valence-electron chi connectivity index (χ4n) is 1.34. The predicted molar refractivity (Wildman–Crippen MR) is 66.5 cm³/mol. The summed E-state index contributed by atoms with van der Waals surface area (Å²) in [5.41, 5.74) is 2.02. The molecule has 0 radical (unpaired) electrons. The molecule has 0 aliphatic rings. The molecule has 0 bridgehead atoms. The summed E-state index contributed by atoms with van der Waals surface area (Å²) in [5, 5.41) is 0. The molecular weight excluding hydrogens is 216 g/mol. The van der Waals surface area contributed by atoms with Crippen LogP contribution in [0, 0.1) is 6.92 Å². The average molecular weight is 232 g/mol. The second kappa shape index (κ2) is 5.99. The third kappa shape index (κ3) is 3.87. The van der Waals surface area contributed by atoms with Crippen LogP contribution in [0.1, 0.15) is 25.0 Å². The summed E-state index contributed by atoms with van der Waals surface area (Å²) in [7, 11) is 0. The molecule has 17 heavy (non-hydrogen) atoms. The van der Waals surface area contributed by atoms with Gasteiger partial charge in [-0.05, 0) is 32.4 Å². The molecule has 90 valence electrons. The summed E-state index contributed by atoms with van der Waals surface area (Å²) in [6.07, 6.45) is 1.56. The van der Waals surface area contributed by atoms with Gasteiger partial charge in [-0.25, -0.2) is 4.79 Å². The highest BCUT2D eigenvalue weighted by Crippen LogP contribution is 2.10. The highest BCUT2D eigenvalue weighted by atomic mass is 16.5. The molecule has 0 heterocycles. The summed E-state index contributed by atoms with van der Waals surface area (Å²) in [6, 6.07) is 7.57. The van der Waals surface area contributed by atoms with Crippen LogP contribution in [0.3, 0.4) is 0 Å². The molecule has 0 atom stereocenters. The van der Waals surface area contributed by atoms with Gasteiger partial charge in [0.2, 0.25) is 0 Å². The van der Waals surface area contributed by atoms with Gasteiger partial charge in [0.05, 0.1) is 6.61 Å². The predicted octanol–water partition coefficient (Wildman–Crippen LogP) is 2.53. The summed E-state index contributed by atoms with van der Waals surface area (Å²) < 4.78 is 4.83. The summed E-state index contributed by atoms with van der Waals surface area (Å²) in [6.45, 7) is 5.31. The van der Waals surface area contributed by atoms with E-state index in [0.717, 1.165) is 11.1 Å². The Bertz CT molecular complexity index is 441. The molecule has 0 fully saturated rings. The second-order valence-corrected chi connectivity index (χ2v) is 3.75. The number of ketones is 1. The molecule has 0 unspecified atom stereocenters. The zero-order valence-electron chi connectivity index (χ0n) is 10.3. The van der Waals surface area contributed by atoms with Gasteiger partial charge in [-0.15, -0.1) is 0 Å². The van der Waals surface area contributed by atoms with Gasteiger partial charge < -0.3 is 4.74 Å². The molecule has 0 spiro atoms. The highest BCUT2D eigenvalue weighted by Gasteiger charge is 2.15. The monoisotopic (exact) mass is 232 g/mol. The lowest BCUT2D eigenvalue weighted by molar-refractivity contribution is -0.139. The third-order valence-electron chi connectivity index (χ3n) is 2.26. The van der Waals surface area contributed by atoms with Crippen LogP contribution in [-0.4, -0.2) is 18.4 Å². The minimum Gasteiger partial charge on any atom is -0.462 e. The molecule has 3 heteroatoms. The van der Waals surface area contributed by atoms with Crippen LogP contribution in [-0.2, 0) is 14.3 Å². The van der Waals surface area contributed by atoms with Crippen molar-refractivity contribution >= 4 is 17.8 Å². The zero-order valence-corrected chi connectivity index (χ0v) is 10.3. The van der Waals surface area contributed by atoms with Crippen LogP contribution in [0.5, 0.6) is 0 Å². The SMILES string of the molecule is CCOC(=O)C(=Cc1ccc(C)cc1)C(C)=O. The van der Waals surface area contributed by atoms with Crippen LogP contribution >= 0.6 is 0 Å². The third-order valence-corrected chi connectivity index (χ3v) is 2.26. The van der Waals surface area contributed by atoms with Gasteiger partial charge >= 0.3 is 5.97 Å². The Hall–Kier alpha value is -1.90. The molecular formula is C14H16O3. The molecule has 0 N–H and O–H groups in total. The van der Waals surface area contributed by atoms with Gasteiger partial charge in [-0.1, -0.05) is 29.8 Å². The molecule has 3 nitrogen and oxygen atoms in total. The Morgan fingerprint density at radius 2 is 1.82 bits per heavy atom. The first-order valence-corrected chi connectivity index (χ1v) is 5.51. The maximum absolute atomic E-state index is 11.5. The summed E-state index contributed by atoms with van der Waals surface area (Å²) in [5.74, 6) is -0.857. The number of carbonyl (C=O) groups is 2.